The van der Waals surface area contributed by atoms with Crippen molar-refractivity contribution in [2.75, 3.05) is 25.5 Å². The summed E-state index contributed by atoms with van der Waals surface area (Å²) in [5.74, 6) is 2.67. The van der Waals surface area contributed by atoms with E-state index in [4.69, 9.17) is 14.5 Å². The Bertz CT molecular complexity index is 1330. The Morgan fingerprint density at radius 1 is 1.06 bits per heavy atom. The van der Waals surface area contributed by atoms with E-state index in [2.05, 4.69) is 27.5 Å². The van der Waals surface area contributed by atoms with Crippen molar-refractivity contribution < 1.29 is 14.6 Å². The van der Waals surface area contributed by atoms with Crippen LogP contribution < -0.4 is 14.8 Å². The fourth-order valence-electron chi connectivity index (χ4n) is 4.36. The molecule has 0 spiro atoms. The first-order chi connectivity index (χ1) is 17.5. The molecule has 0 radical (unpaired) electrons. The Labute approximate surface area is 211 Å². The molecule has 1 fully saturated rings. The molecule has 0 bridgehead atoms. The molecule has 2 aromatic carbocycles. The van der Waals surface area contributed by atoms with E-state index in [1.165, 1.54) is 5.56 Å². The Kier molecular flexibility index (Phi) is 6.88. The van der Waals surface area contributed by atoms with E-state index >= 15 is 0 Å². The summed E-state index contributed by atoms with van der Waals surface area (Å²) in [5.41, 5.74) is 5.01. The minimum absolute atomic E-state index is 0.198. The van der Waals surface area contributed by atoms with E-state index in [0.29, 0.717) is 24.1 Å². The summed E-state index contributed by atoms with van der Waals surface area (Å²) >= 11 is 0. The second-order valence-electron chi connectivity index (χ2n) is 9.20. The molecule has 8 nitrogen and oxygen atoms in total. The molecule has 1 aliphatic heterocycles. The molecule has 1 saturated heterocycles. The second-order valence-corrected chi connectivity index (χ2v) is 9.20. The molecule has 0 amide bonds. The van der Waals surface area contributed by atoms with Gasteiger partial charge in [-0.25, -0.2) is 4.98 Å². The van der Waals surface area contributed by atoms with Gasteiger partial charge in [-0.1, -0.05) is 30.3 Å². The first kappa shape index (κ1) is 23.8. The lowest BCUT2D eigenvalue weighted by Gasteiger charge is -2.35. The number of methoxy groups -OCH3 is 1. The van der Waals surface area contributed by atoms with E-state index in [9.17, 15) is 5.11 Å². The van der Waals surface area contributed by atoms with Crippen LogP contribution in [0.2, 0.25) is 0 Å². The highest BCUT2D eigenvalue weighted by atomic mass is 16.5. The molecule has 186 valence electrons. The number of nitrogens with zero attached hydrogens (tertiary/aromatic N) is 4. The fourth-order valence-corrected chi connectivity index (χ4v) is 4.36. The summed E-state index contributed by atoms with van der Waals surface area (Å²) in [6, 6.07) is 16.0. The first-order valence-corrected chi connectivity index (χ1v) is 12.0. The van der Waals surface area contributed by atoms with Gasteiger partial charge in [0.05, 0.1) is 13.2 Å². The zero-order valence-electron chi connectivity index (χ0n) is 20.8. The lowest BCUT2D eigenvalue weighted by Crippen LogP contribution is -2.49. The van der Waals surface area contributed by atoms with Crippen molar-refractivity contribution in [2.45, 2.75) is 33.1 Å². The van der Waals surface area contributed by atoms with E-state index in [-0.39, 0.29) is 6.10 Å². The van der Waals surface area contributed by atoms with Gasteiger partial charge in [0.25, 0.3) is 0 Å². The van der Waals surface area contributed by atoms with Crippen LogP contribution in [0.15, 0.2) is 67.1 Å². The van der Waals surface area contributed by atoms with Crippen LogP contribution in [0, 0.1) is 13.8 Å². The molecule has 3 heterocycles. The van der Waals surface area contributed by atoms with E-state index in [1.807, 2.05) is 73.3 Å². The zero-order valence-corrected chi connectivity index (χ0v) is 20.8. The van der Waals surface area contributed by atoms with Crippen LogP contribution >= 0.6 is 0 Å². The Morgan fingerprint density at radius 2 is 1.86 bits per heavy atom. The molecule has 1 aliphatic rings. The Balaban J connectivity index is 1.32. The summed E-state index contributed by atoms with van der Waals surface area (Å²) in [6.07, 6.45) is 5.71. The maximum Gasteiger partial charge on any atom is 0.229 e. The summed E-state index contributed by atoms with van der Waals surface area (Å²) in [7, 11) is 1.64. The number of aryl methyl sites for hydroxylation is 2. The van der Waals surface area contributed by atoms with Crippen LogP contribution in [-0.4, -0.2) is 50.8 Å². The number of aliphatic hydroxyl groups excluding tert-OH is 1. The van der Waals surface area contributed by atoms with Gasteiger partial charge in [-0.15, -0.1) is 0 Å². The van der Waals surface area contributed by atoms with Crippen molar-refractivity contribution in [2.24, 2.45) is 0 Å². The molecular formula is C28H31N5O3. The standard InChI is InChI=1S/C28H31N5O3/c1-19-11-23(12-25(35-3)26(19)36-18-21-7-5-4-6-8-21)30-28-29-13-20(2)27(31-28)33-10-9-22(15-33)14-32-16-24(34)17-32/h4-13,15,24,34H,14,16-18H2,1-3H3,(H,29,30,31). The molecule has 5 rings (SSSR count). The summed E-state index contributed by atoms with van der Waals surface area (Å²) in [5, 5.41) is 12.8. The Morgan fingerprint density at radius 3 is 2.61 bits per heavy atom. The molecule has 2 N–H and O–H groups in total. The molecule has 0 saturated carbocycles. The summed E-state index contributed by atoms with van der Waals surface area (Å²) in [6.45, 7) is 6.73. The highest BCUT2D eigenvalue weighted by Gasteiger charge is 2.24. The van der Waals surface area contributed by atoms with E-state index in [1.54, 1.807) is 7.11 Å². The number of benzene rings is 2. The summed E-state index contributed by atoms with van der Waals surface area (Å²) in [4.78, 5) is 11.5. The molecule has 0 aliphatic carbocycles. The number of rotatable bonds is 9. The number of β-amino-alcohol motifs (C(OH)–C–C–N with tert-alkyl or cyclic N) is 1. The molecule has 2 aromatic heterocycles. The number of likely N-dealkylation sites (tertiary alicyclic amines) is 1. The predicted octanol–water partition coefficient (Wildman–Crippen LogP) is 4.39. The van der Waals surface area contributed by atoms with Gasteiger partial charge in [0.1, 0.15) is 12.4 Å². The Hall–Kier alpha value is -3.88. The van der Waals surface area contributed by atoms with Crippen LogP contribution in [0.4, 0.5) is 11.6 Å². The molecule has 8 heteroatoms. The van der Waals surface area contributed by atoms with Gasteiger partial charge in [0.15, 0.2) is 11.5 Å². The number of aromatic nitrogens is 3. The SMILES string of the molecule is COc1cc(Nc2ncc(C)c(-n3ccc(CN4CC(O)C4)c3)n2)cc(C)c1OCc1ccccc1. The third-order valence-electron chi connectivity index (χ3n) is 6.23. The number of ether oxygens (including phenoxy) is 2. The van der Waals surface area contributed by atoms with Crippen LogP contribution in [0.3, 0.4) is 0 Å². The van der Waals surface area contributed by atoms with Crippen LogP contribution in [0.25, 0.3) is 5.82 Å². The van der Waals surface area contributed by atoms with E-state index in [0.717, 1.165) is 47.8 Å². The smallest absolute Gasteiger partial charge is 0.229 e. The minimum atomic E-state index is -0.198. The first-order valence-electron chi connectivity index (χ1n) is 12.0. The van der Waals surface area contributed by atoms with Gasteiger partial charge >= 0.3 is 0 Å². The van der Waals surface area contributed by atoms with Crippen molar-refractivity contribution in [1.82, 2.24) is 19.4 Å². The van der Waals surface area contributed by atoms with Crippen molar-refractivity contribution in [1.29, 1.82) is 0 Å². The maximum absolute atomic E-state index is 9.52. The highest BCUT2D eigenvalue weighted by molar-refractivity contribution is 5.63. The largest absolute Gasteiger partial charge is 0.493 e. The minimum Gasteiger partial charge on any atom is -0.493 e. The normalized spacial score (nSPS) is 13.9. The van der Waals surface area contributed by atoms with Gasteiger partial charge < -0.3 is 24.5 Å². The van der Waals surface area contributed by atoms with Crippen molar-refractivity contribution in [3.05, 3.63) is 89.4 Å². The molecule has 4 aromatic rings. The predicted molar refractivity (Wildman–Crippen MR) is 139 cm³/mol. The average Bonchev–Trinajstić information content (AvgIpc) is 3.32. The lowest BCUT2D eigenvalue weighted by atomic mass is 10.1. The van der Waals surface area contributed by atoms with Gasteiger partial charge in [0.2, 0.25) is 5.95 Å². The zero-order chi connectivity index (χ0) is 25.1. The highest BCUT2D eigenvalue weighted by Crippen LogP contribution is 2.35. The number of hydrogen-bond donors (Lipinski definition) is 2. The van der Waals surface area contributed by atoms with E-state index < -0.39 is 0 Å². The second kappa shape index (κ2) is 10.4. The monoisotopic (exact) mass is 485 g/mol. The average molecular weight is 486 g/mol. The molecule has 0 unspecified atom stereocenters. The fraction of sp³-hybridized carbons (Fsp3) is 0.286. The van der Waals surface area contributed by atoms with Crippen LogP contribution in [-0.2, 0) is 13.2 Å². The van der Waals surface area contributed by atoms with Crippen molar-refractivity contribution >= 4 is 11.6 Å². The summed E-state index contributed by atoms with van der Waals surface area (Å²) < 4.78 is 13.7. The van der Waals surface area contributed by atoms with Gasteiger partial charge in [-0.3, -0.25) is 4.90 Å². The van der Waals surface area contributed by atoms with Crippen LogP contribution in [0.5, 0.6) is 11.5 Å². The number of anilines is 2. The number of aliphatic hydroxyl groups is 1. The quantitative estimate of drug-likeness (QED) is 0.364. The van der Waals surface area contributed by atoms with Crippen molar-refractivity contribution in [3.8, 4) is 17.3 Å². The molecule has 0 atom stereocenters. The molecular weight excluding hydrogens is 454 g/mol. The lowest BCUT2D eigenvalue weighted by molar-refractivity contribution is -0.00285. The van der Waals surface area contributed by atoms with Gasteiger partial charge in [-0.05, 0) is 42.7 Å². The van der Waals surface area contributed by atoms with Gasteiger partial charge in [0, 0.05) is 55.5 Å². The third kappa shape index (κ3) is 5.35. The number of nitrogens with one attached hydrogen (secondary N) is 1. The third-order valence-corrected chi connectivity index (χ3v) is 6.23. The van der Waals surface area contributed by atoms with Crippen molar-refractivity contribution in [3.63, 3.8) is 0 Å². The van der Waals surface area contributed by atoms with Crippen LogP contribution in [0.1, 0.15) is 22.3 Å². The maximum atomic E-state index is 9.52. The number of hydrogen-bond acceptors (Lipinski definition) is 7. The van der Waals surface area contributed by atoms with Gasteiger partial charge in [-0.2, -0.15) is 4.98 Å². The molecule has 36 heavy (non-hydrogen) atoms. The topological polar surface area (TPSA) is 84.7 Å².